The number of carbonyl (C=O) groups is 1. The Morgan fingerprint density at radius 1 is 1.45 bits per heavy atom. The van der Waals surface area contributed by atoms with E-state index in [-0.39, 0.29) is 36.8 Å². The van der Waals surface area contributed by atoms with Crippen LogP contribution in [0.2, 0.25) is 0 Å². The van der Waals surface area contributed by atoms with Crippen molar-refractivity contribution in [3.8, 4) is 0 Å². The van der Waals surface area contributed by atoms with E-state index >= 15 is 0 Å². The van der Waals surface area contributed by atoms with Gasteiger partial charge >= 0.3 is 0 Å². The van der Waals surface area contributed by atoms with Crippen LogP contribution in [-0.4, -0.2) is 23.5 Å². The SMILES string of the molecule is COC(C)c1nc(CNC(=O)C2(N)CCCCC2)cs1.Cl.Cl. The first-order valence-electron chi connectivity index (χ1n) is 7.09. The van der Waals surface area contributed by atoms with Crippen molar-refractivity contribution in [3.63, 3.8) is 0 Å². The molecule has 1 aliphatic rings. The van der Waals surface area contributed by atoms with Gasteiger partial charge in [0.25, 0.3) is 0 Å². The molecule has 1 atom stereocenters. The lowest BCUT2D eigenvalue weighted by atomic mass is 9.82. The van der Waals surface area contributed by atoms with E-state index in [1.165, 1.54) is 6.42 Å². The largest absolute Gasteiger partial charge is 0.375 e. The van der Waals surface area contributed by atoms with E-state index in [9.17, 15) is 4.79 Å². The summed E-state index contributed by atoms with van der Waals surface area (Å²) in [6.45, 7) is 2.39. The number of thiazole rings is 1. The summed E-state index contributed by atoms with van der Waals surface area (Å²) in [6.07, 6.45) is 4.80. The first-order chi connectivity index (χ1) is 9.55. The number of halogens is 2. The Hall–Kier alpha value is -0.400. The summed E-state index contributed by atoms with van der Waals surface area (Å²) >= 11 is 1.55. The molecule has 22 heavy (non-hydrogen) atoms. The molecule has 8 heteroatoms. The van der Waals surface area contributed by atoms with Crippen LogP contribution < -0.4 is 11.1 Å². The molecule has 0 saturated heterocycles. The van der Waals surface area contributed by atoms with E-state index in [1.807, 2.05) is 12.3 Å². The van der Waals surface area contributed by atoms with Gasteiger partial charge in [-0.3, -0.25) is 4.79 Å². The maximum absolute atomic E-state index is 12.2. The van der Waals surface area contributed by atoms with E-state index in [0.29, 0.717) is 6.54 Å². The van der Waals surface area contributed by atoms with Crippen LogP contribution in [0.15, 0.2) is 5.38 Å². The maximum atomic E-state index is 12.2. The number of hydrogen-bond donors (Lipinski definition) is 2. The van der Waals surface area contributed by atoms with Crippen molar-refractivity contribution in [1.29, 1.82) is 0 Å². The summed E-state index contributed by atoms with van der Waals surface area (Å²) in [6, 6.07) is 0. The molecule has 1 saturated carbocycles. The molecular weight excluding hydrogens is 345 g/mol. The van der Waals surface area contributed by atoms with Crippen LogP contribution in [-0.2, 0) is 16.1 Å². The minimum atomic E-state index is -0.684. The van der Waals surface area contributed by atoms with Gasteiger partial charge in [0.05, 0.1) is 17.8 Å². The number of methoxy groups -OCH3 is 1. The van der Waals surface area contributed by atoms with Gasteiger partial charge in [-0.25, -0.2) is 4.98 Å². The molecule has 0 spiro atoms. The van der Waals surface area contributed by atoms with Crippen LogP contribution in [0.25, 0.3) is 0 Å². The summed E-state index contributed by atoms with van der Waals surface area (Å²) in [4.78, 5) is 16.7. The fourth-order valence-electron chi connectivity index (χ4n) is 2.45. The Bertz CT molecular complexity index is 465. The zero-order valence-electron chi connectivity index (χ0n) is 13.0. The van der Waals surface area contributed by atoms with Crippen molar-refractivity contribution in [1.82, 2.24) is 10.3 Å². The highest BCUT2D eigenvalue weighted by atomic mass is 35.5. The molecule has 1 amide bonds. The van der Waals surface area contributed by atoms with Crippen LogP contribution in [0.5, 0.6) is 0 Å². The average Bonchev–Trinajstić information content (AvgIpc) is 2.93. The fourth-order valence-corrected chi connectivity index (χ4v) is 3.30. The Kier molecular flexibility index (Phi) is 9.50. The molecule has 1 fully saturated rings. The third kappa shape index (κ3) is 5.35. The molecule has 0 bridgehead atoms. The van der Waals surface area contributed by atoms with Crippen molar-refractivity contribution in [2.24, 2.45) is 5.73 Å². The van der Waals surface area contributed by atoms with E-state index in [2.05, 4.69) is 10.3 Å². The predicted octanol–water partition coefficient (Wildman–Crippen LogP) is 2.97. The number of aromatic nitrogens is 1. The first kappa shape index (κ1) is 21.6. The minimum Gasteiger partial charge on any atom is -0.375 e. The number of amides is 1. The Balaban J connectivity index is 0.00000220. The van der Waals surface area contributed by atoms with Crippen LogP contribution in [0.1, 0.15) is 55.8 Å². The van der Waals surface area contributed by atoms with Gasteiger partial charge in [-0.1, -0.05) is 19.3 Å². The van der Waals surface area contributed by atoms with Crippen molar-refractivity contribution in [2.45, 2.75) is 57.2 Å². The van der Waals surface area contributed by atoms with E-state index in [0.717, 1.165) is 36.4 Å². The second kappa shape index (κ2) is 9.67. The van der Waals surface area contributed by atoms with Gasteiger partial charge in [-0.05, 0) is 19.8 Å². The maximum Gasteiger partial charge on any atom is 0.240 e. The second-order valence-corrected chi connectivity index (χ2v) is 6.34. The average molecular weight is 370 g/mol. The Morgan fingerprint density at radius 3 is 2.68 bits per heavy atom. The third-order valence-electron chi connectivity index (χ3n) is 3.90. The van der Waals surface area contributed by atoms with Gasteiger partial charge in [0.1, 0.15) is 11.1 Å². The molecular formula is C14H25Cl2N3O2S. The van der Waals surface area contributed by atoms with Crippen molar-refractivity contribution >= 4 is 42.1 Å². The van der Waals surface area contributed by atoms with Gasteiger partial charge in [-0.2, -0.15) is 0 Å². The van der Waals surface area contributed by atoms with Crippen LogP contribution in [0, 0.1) is 0 Å². The molecule has 0 radical (unpaired) electrons. The summed E-state index contributed by atoms with van der Waals surface area (Å²) in [5.74, 6) is -0.0495. The smallest absolute Gasteiger partial charge is 0.240 e. The number of rotatable bonds is 5. The zero-order valence-corrected chi connectivity index (χ0v) is 15.4. The Morgan fingerprint density at radius 2 is 2.09 bits per heavy atom. The Labute approximate surface area is 148 Å². The summed E-state index contributed by atoms with van der Waals surface area (Å²) in [7, 11) is 1.66. The van der Waals surface area contributed by atoms with Gasteiger partial charge < -0.3 is 15.8 Å². The standard InChI is InChI=1S/C14H23N3O2S.2ClH/c1-10(19-2)12-17-11(9-20-12)8-16-13(18)14(15)6-4-3-5-7-14;;/h9-10H,3-8,15H2,1-2H3,(H,16,18);2*1H. The molecule has 0 aliphatic heterocycles. The zero-order chi connectivity index (χ0) is 14.6. The molecule has 1 aliphatic carbocycles. The van der Waals surface area contributed by atoms with Crippen molar-refractivity contribution in [2.75, 3.05) is 7.11 Å². The monoisotopic (exact) mass is 369 g/mol. The lowest BCUT2D eigenvalue weighted by Gasteiger charge is -2.31. The number of nitrogens with zero attached hydrogens (tertiary/aromatic N) is 1. The normalized spacial score (nSPS) is 17.8. The number of hydrogen-bond acceptors (Lipinski definition) is 5. The lowest BCUT2D eigenvalue weighted by Crippen LogP contribution is -2.54. The summed E-state index contributed by atoms with van der Waals surface area (Å²) < 4.78 is 5.23. The van der Waals surface area contributed by atoms with Crippen molar-refractivity contribution < 1.29 is 9.53 Å². The highest BCUT2D eigenvalue weighted by molar-refractivity contribution is 7.09. The van der Waals surface area contributed by atoms with Crippen LogP contribution >= 0.6 is 36.2 Å². The molecule has 1 unspecified atom stereocenters. The van der Waals surface area contributed by atoms with E-state index < -0.39 is 5.54 Å². The predicted molar refractivity (Wildman–Crippen MR) is 93.9 cm³/mol. The van der Waals surface area contributed by atoms with Crippen LogP contribution in [0.3, 0.4) is 0 Å². The van der Waals surface area contributed by atoms with Gasteiger partial charge in [0, 0.05) is 12.5 Å². The fraction of sp³-hybridized carbons (Fsp3) is 0.714. The van der Waals surface area contributed by atoms with Crippen LogP contribution in [0.4, 0.5) is 0 Å². The highest BCUT2D eigenvalue weighted by Gasteiger charge is 2.34. The number of ether oxygens (including phenoxy) is 1. The highest BCUT2D eigenvalue weighted by Crippen LogP contribution is 2.26. The molecule has 128 valence electrons. The molecule has 3 N–H and O–H groups in total. The van der Waals surface area contributed by atoms with Gasteiger partial charge in [-0.15, -0.1) is 36.2 Å². The number of nitrogens with one attached hydrogen (secondary N) is 1. The summed E-state index contributed by atoms with van der Waals surface area (Å²) in [5, 5.41) is 5.80. The molecule has 2 rings (SSSR count). The molecule has 1 aromatic rings. The van der Waals surface area contributed by atoms with Crippen molar-refractivity contribution in [3.05, 3.63) is 16.1 Å². The first-order valence-corrected chi connectivity index (χ1v) is 7.97. The molecule has 5 nitrogen and oxygen atoms in total. The minimum absolute atomic E-state index is 0. The number of carbonyl (C=O) groups excluding carboxylic acids is 1. The summed E-state index contributed by atoms with van der Waals surface area (Å²) in [5.41, 5.74) is 6.37. The number of nitrogens with two attached hydrogens (primary N) is 1. The van der Waals surface area contributed by atoms with E-state index in [4.69, 9.17) is 10.5 Å². The molecule has 1 heterocycles. The second-order valence-electron chi connectivity index (χ2n) is 5.45. The van der Waals surface area contributed by atoms with Gasteiger partial charge in [0.2, 0.25) is 5.91 Å². The quantitative estimate of drug-likeness (QED) is 0.835. The third-order valence-corrected chi connectivity index (χ3v) is 4.95. The van der Waals surface area contributed by atoms with E-state index in [1.54, 1.807) is 18.4 Å². The molecule has 1 aromatic heterocycles. The van der Waals surface area contributed by atoms with Gasteiger partial charge in [0.15, 0.2) is 0 Å². The molecule has 0 aromatic carbocycles. The topological polar surface area (TPSA) is 77.2 Å². The lowest BCUT2D eigenvalue weighted by molar-refractivity contribution is -0.127.